The van der Waals surface area contributed by atoms with Gasteiger partial charge in [0.15, 0.2) is 11.4 Å². The van der Waals surface area contributed by atoms with Crippen molar-refractivity contribution in [2.75, 3.05) is 12.0 Å². The van der Waals surface area contributed by atoms with Crippen molar-refractivity contribution in [3.05, 3.63) is 94.5 Å². The number of rotatable bonds is 6. The number of hydrogen-bond donors (Lipinski definition) is 1. The molecule has 1 heterocycles. The van der Waals surface area contributed by atoms with Crippen LogP contribution in [0.2, 0.25) is 5.02 Å². The van der Waals surface area contributed by atoms with Crippen LogP contribution in [0, 0.1) is 0 Å². The zero-order valence-corrected chi connectivity index (χ0v) is 17.1. The molecule has 0 spiro atoms. The number of Topliss-reactive ketones (excluding diaryl/α,β-unsaturated/α-hetero) is 1. The molecule has 4 rings (SSSR count). The summed E-state index contributed by atoms with van der Waals surface area (Å²) < 4.78 is 5.17. The topological polar surface area (TPSA) is 66.8 Å². The Balaban J connectivity index is 1.70. The van der Waals surface area contributed by atoms with E-state index in [4.69, 9.17) is 16.3 Å². The molecule has 0 aromatic heterocycles. The molecule has 5 nitrogen and oxygen atoms in total. The van der Waals surface area contributed by atoms with Crippen molar-refractivity contribution < 1.29 is 19.4 Å². The zero-order valence-electron chi connectivity index (χ0n) is 16.3. The van der Waals surface area contributed by atoms with E-state index in [0.717, 1.165) is 5.56 Å². The highest BCUT2D eigenvalue weighted by Gasteiger charge is 2.51. The fraction of sp³-hybridized carbons (Fsp3) is 0.167. The molecule has 30 heavy (non-hydrogen) atoms. The number of ether oxygens (including phenoxy) is 1. The number of ketones is 1. The van der Waals surface area contributed by atoms with Crippen LogP contribution in [-0.2, 0) is 16.9 Å². The second-order valence-corrected chi connectivity index (χ2v) is 7.67. The zero-order chi connectivity index (χ0) is 21.3. The first-order chi connectivity index (χ1) is 14.4. The van der Waals surface area contributed by atoms with Gasteiger partial charge in [-0.3, -0.25) is 9.59 Å². The molecule has 1 atom stereocenters. The molecule has 152 valence electrons. The number of benzene rings is 3. The Bertz CT molecular complexity index is 1120. The highest BCUT2D eigenvalue weighted by atomic mass is 35.5. The predicted molar refractivity (Wildman–Crippen MR) is 115 cm³/mol. The van der Waals surface area contributed by atoms with E-state index < -0.39 is 17.9 Å². The Kier molecular flexibility index (Phi) is 5.33. The number of carbonyl (C=O) groups excluding carboxylic acids is 2. The molecule has 0 bridgehead atoms. The van der Waals surface area contributed by atoms with Crippen molar-refractivity contribution in [3.8, 4) is 5.75 Å². The van der Waals surface area contributed by atoms with Crippen molar-refractivity contribution in [1.29, 1.82) is 0 Å². The standard InChI is InChI=1S/C24H20ClNO4/c1-30-19-9-5-8-17(12-19)22(27)14-24(29)20-13-18(25)10-11-21(20)26(23(24)28)15-16-6-3-2-4-7-16/h2-13,29H,14-15H2,1H3/t24-/m0/s1. The van der Waals surface area contributed by atoms with Gasteiger partial charge in [-0.15, -0.1) is 0 Å². The van der Waals surface area contributed by atoms with E-state index in [1.54, 1.807) is 42.5 Å². The number of hydrogen-bond acceptors (Lipinski definition) is 4. The van der Waals surface area contributed by atoms with E-state index in [0.29, 0.717) is 27.6 Å². The summed E-state index contributed by atoms with van der Waals surface area (Å²) in [5, 5.41) is 11.8. The Morgan fingerprint density at radius 2 is 1.83 bits per heavy atom. The van der Waals surface area contributed by atoms with Crippen LogP contribution >= 0.6 is 11.6 Å². The Hall–Kier alpha value is -3.15. The quantitative estimate of drug-likeness (QED) is 0.601. The van der Waals surface area contributed by atoms with Crippen LogP contribution in [0.5, 0.6) is 5.75 Å². The van der Waals surface area contributed by atoms with E-state index in [1.165, 1.54) is 12.0 Å². The minimum Gasteiger partial charge on any atom is -0.497 e. The highest BCUT2D eigenvalue weighted by Crippen LogP contribution is 2.44. The second-order valence-electron chi connectivity index (χ2n) is 7.23. The third-order valence-corrected chi connectivity index (χ3v) is 5.52. The minimum atomic E-state index is -1.99. The smallest absolute Gasteiger partial charge is 0.264 e. The van der Waals surface area contributed by atoms with E-state index in [1.807, 2.05) is 30.3 Å². The number of amides is 1. The van der Waals surface area contributed by atoms with Gasteiger partial charge in [0.25, 0.3) is 5.91 Å². The Morgan fingerprint density at radius 1 is 1.07 bits per heavy atom. The van der Waals surface area contributed by atoms with E-state index in [-0.39, 0.29) is 12.3 Å². The number of anilines is 1. The molecule has 1 aliphatic rings. The first-order valence-electron chi connectivity index (χ1n) is 9.48. The van der Waals surface area contributed by atoms with Crippen LogP contribution in [-0.4, -0.2) is 23.9 Å². The lowest BCUT2D eigenvalue weighted by Gasteiger charge is -2.23. The van der Waals surface area contributed by atoms with Gasteiger partial charge in [-0.25, -0.2) is 0 Å². The summed E-state index contributed by atoms with van der Waals surface area (Å²) in [5.41, 5.74) is 0.173. The van der Waals surface area contributed by atoms with Gasteiger partial charge in [0.1, 0.15) is 5.75 Å². The summed E-state index contributed by atoms with van der Waals surface area (Å²) in [6.07, 6.45) is -0.391. The number of carbonyl (C=O) groups is 2. The summed E-state index contributed by atoms with van der Waals surface area (Å²) in [4.78, 5) is 27.8. The lowest BCUT2D eigenvalue weighted by Crippen LogP contribution is -2.41. The lowest BCUT2D eigenvalue weighted by molar-refractivity contribution is -0.136. The molecule has 0 saturated heterocycles. The summed E-state index contributed by atoms with van der Waals surface area (Å²) >= 11 is 6.16. The van der Waals surface area contributed by atoms with Crippen LogP contribution in [0.25, 0.3) is 0 Å². The number of aliphatic hydroxyl groups is 1. The van der Waals surface area contributed by atoms with Gasteiger partial charge >= 0.3 is 0 Å². The maximum Gasteiger partial charge on any atom is 0.264 e. The fourth-order valence-corrected chi connectivity index (χ4v) is 3.92. The number of methoxy groups -OCH3 is 1. The number of fused-ring (bicyclic) bond motifs is 1. The molecular weight excluding hydrogens is 402 g/mol. The molecule has 0 radical (unpaired) electrons. The van der Waals surface area contributed by atoms with Crippen molar-refractivity contribution in [3.63, 3.8) is 0 Å². The van der Waals surface area contributed by atoms with Crippen LogP contribution in [0.1, 0.15) is 27.9 Å². The monoisotopic (exact) mass is 421 g/mol. The maximum absolute atomic E-state index is 13.3. The number of nitrogens with zero attached hydrogens (tertiary/aromatic N) is 1. The van der Waals surface area contributed by atoms with Gasteiger partial charge in [0.2, 0.25) is 0 Å². The van der Waals surface area contributed by atoms with Crippen molar-refractivity contribution in [2.24, 2.45) is 0 Å². The third kappa shape index (κ3) is 3.58. The SMILES string of the molecule is COc1cccc(C(=O)C[C@@]2(O)C(=O)N(Cc3ccccc3)c3ccc(Cl)cc32)c1. The summed E-state index contributed by atoms with van der Waals surface area (Å²) in [6, 6.07) is 21.0. The Labute approximate surface area is 179 Å². The van der Waals surface area contributed by atoms with Gasteiger partial charge in [-0.2, -0.15) is 0 Å². The van der Waals surface area contributed by atoms with Crippen molar-refractivity contribution in [1.82, 2.24) is 0 Å². The van der Waals surface area contributed by atoms with Crippen LogP contribution < -0.4 is 9.64 Å². The van der Waals surface area contributed by atoms with Gasteiger partial charge in [0, 0.05) is 16.1 Å². The van der Waals surface area contributed by atoms with Crippen molar-refractivity contribution in [2.45, 2.75) is 18.6 Å². The second kappa shape index (κ2) is 7.94. The molecule has 0 aliphatic carbocycles. The fourth-order valence-electron chi connectivity index (χ4n) is 3.75. The molecule has 3 aromatic carbocycles. The summed E-state index contributed by atoms with van der Waals surface area (Å²) in [7, 11) is 1.51. The van der Waals surface area contributed by atoms with E-state index in [9.17, 15) is 14.7 Å². The first kappa shape index (κ1) is 20.1. The molecule has 3 aromatic rings. The van der Waals surface area contributed by atoms with Gasteiger partial charge in [0.05, 0.1) is 25.8 Å². The molecule has 1 aliphatic heterocycles. The molecular formula is C24H20ClNO4. The molecule has 1 N–H and O–H groups in total. The minimum absolute atomic E-state index is 0.282. The summed E-state index contributed by atoms with van der Waals surface area (Å²) in [6.45, 7) is 0.282. The molecule has 0 unspecified atom stereocenters. The van der Waals surface area contributed by atoms with Gasteiger partial charge in [-0.1, -0.05) is 54.1 Å². The first-order valence-corrected chi connectivity index (χ1v) is 9.86. The average Bonchev–Trinajstić information content (AvgIpc) is 2.96. The van der Waals surface area contributed by atoms with E-state index >= 15 is 0 Å². The molecule has 0 fully saturated rings. The predicted octanol–water partition coefficient (Wildman–Crippen LogP) is 4.36. The molecule has 6 heteroatoms. The molecule has 1 amide bonds. The summed E-state index contributed by atoms with van der Waals surface area (Å²) in [5.74, 6) is -0.378. The lowest BCUT2D eigenvalue weighted by atomic mass is 9.88. The Morgan fingerprint density at radius 3 is 2.57 bits per heavy atom. The number of halogens is 1. The normalized spacial score (nSPS) is 17.7. The van der Waals surface area contributed by atoms with Crippen LogP contribution in [0.4, 0.5) is 5.69 Å². The third-order valence-electron chi connectivity index (χ3n) is 5.29. The maximum atomic E-state index is 13.3. The average molecular weight is 422 g/mol. The largest absolute Gasteiger partial charge is 0.497 e. The van der Waals surface area contributed by atoms with Crippen LogP contribution in [0.15, 0.2) is 72.8 Å². The molecule has 0 saturated carbocycles. The van der Waals surface area contributed by atoms with E-state index in [2.05, 4.69) is 0 Å². The van der Waals surface area contributed by atoms with Gasteiger partial charge < -0.3 is 14.7 Å². The van der Waals surface area contributed by atoms with Crippen LogP contribution in [0.3, 0.4) is 0 Å². The van der Waals surface area contributed by atoms with Crippen molar-refractivity contribution >= 4 is 29.0 Å². The highest BCUT2D eigenvalue weighted by molar-refractivity contribution is 6.31. The van der Waals surface area contributed by atoms with Gasteiger partial charge in [-0.05, 0) is 35.9 Å².